The number of carbonyl (C=O) groups excluding carboxylic acids is 1. The predicted octanol–water partition coefficient (Wildman–Crippen LogP) is 3.86. The number of halogens is 1. The molecular formula is C22H21FN4O. The summed E-state index contributed by atoms with van der Waals surface area (Å²) in [4.78, 5) is 23.2. The Labute approximate surface area is 163 Å². The van der Waals surface area contributed by atoms with Crippen LogP contribution >= 0.6 is 0 Å². The molecule has 1 amide bonds. The molecule has 1 N–H and O–H groups in total. The maximum atomic E-state index is 13.6. The van der Waals surface area contributed by atoms with E-state index in [4.69, 9.17) is 0 Å². The molecule has 0 spiro atoms. The van der Waals surface area contributed by atoms with Crippen LogP contribution in [0.1, 0.15) is 28.4 Å². The van der Waals surface area contributed by atoms with Gasteiger partial charge in [-0.3, -0.25) is 4.79 Å². The van der Waals surface area contributed by atoms with Crippen LogP contribution in [0.4, 0.5) is 16.0 Å². The van der Waals surface area contributed by atoms with Crippen molar-refractivity contribution in [3.63, 3.8) is 0 Å². The first-order valence-electron chi connectivity index (χ1n) is 9.34. The van der Waals surface area contributed by atoms with Gasteiger partial charge in [-0.2, -0.15) is 0 Å². The van der Waals surface area contributed by atoms with Gasteiger partial charge in [0, 0.05) is 30.7 Å². The summed E-state index contributed by atoms with van der Waals surface area (Å²) in [6.07, 6.45) is 4.44. The molecule has 2 heterocycles. The average Bonchev–Trinajstić information content (AvgIpc) is 3.05. The maximum absolute atomic E-state index is 13.6. The van der Waals surface area contributed by atoms with Crippen molar-refractivity contribution >= 4 is 17.5 Å². The summed E-state index contributed by atoms with van der Waals surface area (Å²) in [5.41, 5.74) is 3.22. The monoisotopic (exact) mass is 376 g/mol. The van der Waals surface area contributed by atoms with Gasteiger partial charge in [0.05, 0.1) is 5.56 Å². The smallest absolute Gasteiger partial charge is 0.261 e. The van der Waals surface area contributed by atoms with Crippen LogP contribution in [0.25, 0.3) is 0 Å². The van der Waals surface area contributed by atoms with E-state index in [0.29, 0.717) is 30.0 Å². The van der Waals surface area contributed by atoms with Crippen molar-refractivity contribution < 1.29 is 9.18 Å². The molecule has 5 nitrogen and oxygen atoms in total. The number of amides is 1. The molecule has 0 fully saturated rings. The number of nitrogens with one attached hydrogen (secondary N) is 1. The molecule has 142 valence electrons. The second-order valence-corrected chi connectivity index (χ2v) is 6.92. The van der Waals surface area contributed by atoms with Gasteiger partial charge in [-0.25, -0.2) is 14.4 Å². The summed E-state index contributed by atoms with van der Waals surface area (Å²) in [5, 5.41) is 3.07. The van der Waals surface area contributed by atoms with Crippen LogP contribution in [-0.2, 0) is 12.8 Å². The number of fused-ring (bicyclic) bond motifs is 1. The molecule has 6 heteroatoms. The van der Waals surface area contributed by atoms with Crippen LogP contribution < -0.4 is 10.2 Å². The highest BCUT2D eigenvalue weighted by Gasteiger charge is 2.31. The Morgan fingerprint density at radius 2 is 1.86 bits per heavy atom. The Kier molecular flexibility index (Phi) is 5.02. The van der Waals surface area contributed by atoms with E-state index in [2.05, 4.69) is 21.4 Å². The topological polar surface area (TPSA) is 58.1 Å². The highest BCUT2D eigenvalue weighted by atomic mass is 19.1. The van der Waals surface area contributed by atoms with Crippen LogP contribution in [0.3, 0.4) is 0 Å². The van der Waals surface area contributed by atoms with E-state index in [1.165, 1.54) is 24.0 Å². The summed E-state index contributed by atoms with van der Waals surface area (Å²) in [6, 6.07) is 14.7. The van der Waals surface area contributed by atoms with Gasteiger partial charge in [0.25, 0.3) is 5.91 Å². The van der Waals surface area contributed by atoms with E-state index in [9.17, 15) is 9.18 Å². The normalized spacial score (nSPS) is 15.4. The summed E-state index contributed by atoms with van der Waals surface area (Å²) < 4.78 is 13.6. The average molecular weight is 376 g/mol. The predicted molar refractivity (Wildman–Crippen MR) is 107 cm³/mol. The Balaban J connectivity index is 1.41. The lowest BCUT2D eigenvalue weighted by atomic mass is 10.1. The first-order chi connectivity index (χ1) is 13.6. The third-order valence-electron chi connectivity index (χ3n) is 4.96. The van der Waals surface area contributed by atoms with Crippen LogP contribution in [0, 0.1) is 5.82 Å². The third kappa shape index (κ3) is 3.58. The number of nitrogens with zero attached hydrogens (tertiary/aromatic N) is 3. The highest BCUT2D eigenvalue weighted by Crippen LogP contribution is 2.32. The molecule has 1 aliphatic heterocycles. The van der Waals surface area contributed by atoms with Gasteiger partial charge in [0.2, 0.25) is 5.95 Å². The first kappa shape index (κ1) is 18.1. The first-order valence-corrected chi connectivity index (χ1v) is 9.34. The van der Waals surface area contributed by atoms with Crippen LogP contribution in [0.2, 0.25) is 0 Å². The van der Waals surface area contributed by atoms with Crippen LogP contribution in [0.15, 0.2) is 60.9 Å². The number of carbonyl (C=O) groups is 1. The van der Waals surface area contributed by atoms with Gasteiger partial charge < -0.3 is 10.2 Å². The molecule has 0 bridgehead atoms. The highest BCUT2D eigenvalue weighted by molar-refractivity contribution is 6.07. The number of anilines is 2. The minimum Gasteiger partial charge on any atom is -0.354 e. The van der Waals surface area contributed by atoms with E-state index in [-0.39, 0.29) is 17.8 Å². The summed E-state index contributed by atoms with van der Waals surface area (Å²) in [6.45, 7) is 2.54. The van der Waals surface area contributed by atoms with Crippen molar-refractivity contribution in [2.75, 3.05) is 16.8 Å². The van der Waals surface area contributed by atoms with E-state index in [1.54, 1.807) is 17.0 Å². The largest absolute Gasteiger partial charge is 0.354 e. The lowest BCUT2D eigenvalue weighted by molar-refractivity contribution is 0.0981. The van der Waals surface area contributed by atoms with Crippen molar-refractivity contribution in [2.24, 2.45) is 0 Å². The molecule has 4 rings (SSSR count). The maximum Gasteiger partial charge on any atom is 0.261 e. The number of benzene rings is 2. The fourth-order valence-corrected chi connectivity index (χ4v) is 3.55. The van der Waals surface area contributed by atoms with Gasteiger partial charge in [0.1, 0.15) is 5.82 Å². The Morgan fingerprint density at radius 3 is 2.64 bits per heavy atom. The van der Waals surface area contributed by atoms with Gasteiger partial charge in [-0.1, -0.05) is 36.4 Å². The number of aromatic nitrogens is 2. The molecule has 1 unspecified atom stereocenters. The molecule has 3 aromatic rings. The van der Waals surface area contributed by atoms with Crippen molar-refractivity contribution in [3.8, 4) is 0 Å². The Morgan fingerprint density at radius 1 is 1.14 bits per heavy atom. The SMILES string of the molecule is CC1Cc2ccccc2N1C(=O)c1cnc(NCCc2ccccc2F)nc1. The summed E-state index contributed by atoms with van der Waals surface area (Å²) in [7, 11) is 0. The molecule has 0 radical (unpaired) electrons. The molecule has 1 aromatic heterocycles. The Bertz CT molecular complexity index is 990. The van der Waals surface area contributed by atoms with Gasteiger partial charge in [0.15, 0.2) is 0 Å². The Hall–Kier alpha value is -3.28. The fraction of sp³-hybridized carbons (Fsp3) is 0.227. The summed E-state index contributed by atoms with van der Waals surface area (Å²) in [5.74, 6) is 0.101. The van der Waals surface area contributed by atoms with Crippen LogP contribution in [-0.4, -0.2) is 28.5 Å². The number of hydrogen-bond acceptors (Lipinski definition) is 4. The molecule has 28 heavy (non-hydrogen) atoms. The van der Waals surface area contributed by atoms with Gasteiger partial charge in [-0.15, -0.1) is 0 Å². The molecule has 2 aromatic carbocycles. The van der Waals surface area contributed by atoms with E-state index < -0.39 is 0 Å². The zero-order valence-electron chi connectivity index (χ0n) is 15.6. The lowest BCUT2D eigenvalue weighted by Crippen LogP contribution is -2.35. The second-order valence-electron chi connectivity index (χ2n) is 6.92. The molecular weight excluding hydrogens is 355 g/mol. The van der Waals surface area contributed by atoms with Gasteiger partial charge >= 0.3 is 0 Å². The zero-order chi connectivity index (χ0) is 19.5. The molecule has 0 saturated heterocycles. The minimum absolute atomic E-state index is 0.100. The quantitative estimate of drug-likeness (QED) is 0.735. The number of rotatable bonds is 5. The second kappa shape index (κ2) is 7.76. The number of para-hydroxylation sites is 1. The van der Waals surface area contributed by atoms with Crippen molar-refractivity contribution in [3.05, 3.63) is 83.4 Å². The standard InChI is InChI=1S/C22H21FN4O/c1-15-12-17-7-3-5-9-20(17)27(15)21(28)18-13-25-22(26-14-18)24-11-10-16-6-2-4-8-19(16)23/h2-9,13-15H,10-12H2,1H3,(H,24,25,26). The van der Waals surface area contributed by atoms with Crippen molar-refractivity contribution in [2.45, 2.75) is 25.8 Å². The molecule has 1 atom stereocenters. The minimum atomic E-state index is -0.217. The van der Waals surface area contributed by atoms with Crippen molar-refractivity contribution in [1.29, 1.82) is 0 Å². The summed E-state index contributed by atoms with van der Waals surface area (Å²) >= 11 is 0. The molecule has 0 saturated carbocycles. The number of hydrogen-bond donors (Lipinski definition) is 1. The third-order valence-corrected chi connectivity index (χ3v) is 4.96. The molecule has 0 aliphatic carbocycles. The lowest BCUT2D eigenvalue weighted by Gasteiger charge is -2.22. The van der Waals surface area contributed by atoms with Crippen molar-refractivity contribution in [1.82, 2.24) is 9.97 Å². The van der Waals surface area contributed by atoms with Crippen LogP contribution in [0.5, 0.6) is 0 Å². The van der Waals surface area contributed by atoms with E-state index in [1.807, 2.05) is 31.2 Å². The zero-order valence-corrected chi connectivity index (χ0v) is 15.6. The molecule has 1 aliphatic rings. The fourth-order valence-electron chi connectivity index (χ4n) is 3.55. The van der Waals surface area contributed by atoms with E-state index >= 15 is 0 Å². The van der Waals surface area contributed by atoms with E-state index in [0.717, 1.165) is 12.1 Å². The van der Waals surface area contributed by atoms with Gasteiger partial charge in [-0.05, 0) is 43.0 Å².